The number of nitrogens with one attached hydrogen (secondary N) is 2. The molecule has 0 aliphatic rings. The summed E-state index contributed by atoms with van der Waals surface area (Å²) >= 11 is 0. The van der Waals surface area contributed by atoms with Crippen molar-refractivity contribution >= 4 is 11.2 Å². The Morgan fingerprint density at radius 3 is 2.93 bits per heavy atom. The molecule has 0 saturated carbocycles. The molecule has 0 radical (unpaired) electrons. The van der Waals surface area contributed by atoms with Crippen LogP contribution in [0.15, 0.2) is 18.3 Å². The van der Waals surface area contributed by atoms with E-state index in [0.29, 0.717) is 17.2 Å². The van der Waals surface area contributed by atoms with Gasteiger partial charge in [0, 0.05) is 5.69 Å². The van der Waals surface area contributed by atoms with Gasteiger partial charge in [0.2, 0.25) is 0 Å². The van der Waals surface area contributed by atoms with Gasteiger partial charge in [-0.25, -0.2) is 9.97 Å². The third kappa shape index (κ3) is 1.26. The maximum atomic E-state index is 4.33. The monoisotopic (exact) mass is 200 g/mol. The molecule has 74 valence electrons. The van der Waals surface area contributed by atoms with E-state index in [-0.39, 0.29) is 0 Å². The van der Waals surface area contributed by atoms with Gasteiger partial charge in [-0.1, -0.05) is 0 Å². The maximum absolute atomic E-state index is 4.33. The van der Waals surface area contributed by atoms with E-state index < -0.39 is 0 Å². The zero-order valence-electron chi connectivity index (χ0n) is 8.02. The molecule has 0 amide bonds. The first-order valence-corrected chi connectivity index (χ1v) is 4.52. The fourth-order valence-corrected chi connectivity index (χ4v) is 1.42. The first-order chi connectivity index (χ1) is 7.33. The fourth-order valence-electron chi connectivity index (χ4n) is 1.42. The molecule has 3 heterocycles. The fraction of sp³-hybridized carbons (Fsp3) is 0.111. The highest BCUT2D eigenvalue weighted by Gasteiger charge is 2.07. The largest absolute Gasteiger partial charge is 0.335 e. The van der Waals surface area contributed by atoms with Gasteiger partial charge in [-0.3, -0.25) is 0 Å². The van der Waals surface area contributed by atoms with Crippen molar-refractivity contribution < 1.29 is 0 Å². The van der Waals surface area contributed by atoms with Gasteiger partial charge < -0.3 is 4.98 Å². The van der Waals surface area contributed by atoms with Crippen molar-refractivity contribution in [1.29, 1.82) is 0 Å². The molecule has 0 bridgehead atoms. The summed E-state index contributed by atoms with van der Waals surface area (Å²) in [5, 5.41) is 10.2. The summed E-state index contributed by atoms with van der Waals surface area (Å²) in [6.45, 7) is 1.93. The van der Waals surface area contributed by atoms with Gasteiger partial charge >= 0.3 is 0 Å². The number of nitrogens with zero attached hydrogens (tertiary/aromatic N) is 4. The zero-order valence-corrected chi connectivity index (χ0v) is 8.02. The quantitative estimate of drug-likeness (QED) is 0.615. The van der Waals surface area contributed by atoms with Gasteiger partial charge in [-0.15, -0.1) is 0 Å². The Hall–Kier alpha value is -2.24. The Labute approximate surface area is 84.8 Å². The number of fused-ring (bicyclic) bond motifs is 1. The molecule has 6 heteroatoms. The van der Waals surface area contributed by atoms with Crippen molar-refractivity contribution in [1.82, 2.24) is 30.4 Å². The Balaban J connectivity index is 2.22. The Morgan fingerprint density at radius 1 is 1.20 bits per heavy atom. The molecule has 15 heavy (non-hydrogen) atoms. The van der Waals surface area contributed by atoms with Gasteiger partial charge in [-0.05, 0) is 19.1 Å². The van der Waals surface area contributed by atoms with Crippen molar-refractivity contribution in [3.8, 4) is 11.5 Å². The minimum atomic E-state index is 0.678. The van der Waals surface area contributed by atoms with Gasteiger partial charge in [0.25, 0.3) is 0 Å². The van der Waals surface area contributed by atoms with Crippen molar-refractivity contribution in [3.63, 3.8) is 0 Å². The number of aryl methyl sites for hydroxylation is 1. The molecular weight excluding hydrogens is 192 g/mol. The first kappa shape index (κ1) is 8.10. The topological polar surface area (TPSA) is 83.1 Å². The number of aromatic nitrogens is 6. The number of imidazole rings is 1. The molecule has 2 N–H and O–H groups in total. The molecule has 0 aromatic carbocycles. The second-order valence-corrected chi connectivity index (χ2v) is 3.26. The number of hydrogen-bond acceptors (Lipinski definition) is 4. The zero-order chi connectivity index (χ0) is 10.3. The smallest absolute Gasteiger partial charge is 0.178 e. The lowest BCUT2D eigenvalue weighted by molar-refractivity contribution is 0.940. The third-order valence-electron chi connectivity index (χ3n) is 2.14. The number of H-pyrrole nitrogens is 2. The molecule has 0 unspecified atom stereocenters. The molecule has 0 spiro atoms. The summed E-state index contributed by atoms with van der Waals surface area (Å²) in [5.41, 5.74) is 3.23. The average Bonchev–Trinajstić information content (AvgIpc) is 2.84. The van der Waals surface area contributed by atoms with Crippen LogP contribution in [0.1, 0.15) is 5.69 Å². The molecule has 3 aromatic heterocycles. The van der Waals surface area contributed by atoms with Crippen LogP contribution in [0.3, 0.4) is 0 Å². The van der Waals surface area contributed by atoms with E-state index in [4.69, 9.17) is 0 Å². The number of aromatic amines is 2. The van der Waals surface area contributed by atoms with Crippen LogP contribution in [0.2, 0.25) is 0 Å². The van der Waals surface area contributed by atoms with E-state index in [2.05, 4.69) is 30.4 Å². The SMILES string of the molecule is Cc1ccc2[nH]c(-c3cn[nH]n3)nc2n1. The van der Waals surface area contributed by atoms with Crippen molar-refractivity contribution in [2.45, 2.75) is 6.92 Å². The van der Waals surface area contributed by atoms with Crippen LogP contribution in [0.5, 0.6) is 0 Å². The number of rotatable bonds is 1. The molecule has 3 rings (SSSR count). The second-order valence-electron chi connectivity index (χ2n) is 3.26. The predicted molar refractivity (Wildman–Crippen MR) is 54.0 cm³/mol. The van der Waals surface area contributed by atoms with Crippen LogP contribution < -0.4 is 0 Å². The molecule has 0 aliphatic carbocycles. The van der Waals surface area contributed by atoms with E-state index >= 15 is 0 Å². The van der Waals surface area contributed by atoms with Crippen LogP contribution in [0.25, 0.3) is 22.7 Å². The Bertz CT molecular complexity index is 594. The van der Waals surface area contributed by atoms with Crippen molar-refractivity contribution in [2.75, 3.05) is 0 Å². The standard InChI is InChI=1S/C9H8N6/c1-5-2-3-6-8(11-5)13-9(12-6)7-4-10-15-14-7/h2-4H,1H3,(H,10,14,15)(H,11,12,13). The lowest BCUT2D eigenvalue weighted by atomic mass is 10.3. The summed E-state index contributed by atoms with van der Waals surface area (Å²) in [7, 11) is 0. The first-order valence-electron chi connectivity index (χ1n) is 4.52. The summed E-state index contributed by atoms with van der Waals surface area (Å²) in [6.07, 6.45) is 1.62. The van der Waals surface area contributed by atoms with Gasteiger partial charge in [0.05, 0.1) is 11.7 Å². The van der Waals surface area contributed by atoms with E-state index in [9.17, 15) is 0 Å². The van der Waals surface area contributed by atoms with Crippen LogP contribution in [0.4, 0.5) is 0 Å². The predicted octanol–water partition coefficient (Wildman–Crippen LogP) is 1.05. The molecule has 0 fully saturated rings. The van der Waals surface area contributed by atoms with Crippen LogP contribution in [-0.4, -0.2) is 30.4 Å². The lowest BCUT2D eigenvalue weighted by Gasteiger charge is -1.88. The summed E-state index contributed by atoms with van der Waals surface area (Å²) < 4.78 is 0. The minimum Gasteiger partial charge on any atom is -0.335 e. The molecule has 0 atom stereocenters. The summed E-state index contributed by atoms with van der Waals surface area (Å²) in [5.74, 6) is 0.678. The summed E-state index contributed by atoms with van der Waals surface area (Å²) in [6, 6.07) is 3.89. The van der Waals surface area contributed by atoms with E-state index in [1.54, 1.807) is 6.20 Å². The normalized spacial score (nSPS) is 11.0. The van der Waals surface area contributed by atoms with E-state index in [1.807, 2.05) is 19.1 Å². The van der Waals surface area contributed by atoms with Crippen molar-refractivity contribution in [2.24, 2.45) is 0 Å². The Kier molecular flexibility index (Phi) is 1.55. The molecule has 0 saturated heterocycles. The van der Waals surface area contributed by atoms with Crippen LogP contribution in [0, 0.1) is 6.92 Å². The van der Waals surface area contributed by atoms with Crippen LogP contribution in [-0.2, 0) is 0 Å². The molecular formula is C9H8N6. The molecule has 3 aromatic rings. The lowest BCUT2D eigenvalue weighted by Crippen LogP contribution is -1.81. The van der Waals surface area contributed by atoms with E-state index in [1.165, 1.54) is 0 Å². The highest BCUT2D eigenvalue weighted by atomic mass is 15.3. The molecule has 6 nitrogen and oxygen atoms in total. The number of pyridine rings is 1. The van der Waals surface area contributed by atoms with Crippen molar-refractivity contribution in [3.05, 3.63) is 24.0 Å². The van der Waals surface area contributed by atoms with Gasteiger partial charge in [0.1, 0.15) is 5.69 Å². The average molecular weight is 200 g/mol. The minimum absolute atomic E-state index is 0.678. The van der Waals surface area contributed by atoms with Gasteiger partial charge in [-0.2, -0.15) is 15.4 Å². The summed E-state index contributed by atoms with van der Waals surface area (Å²) in [4.78, 5) is 11.8. The highest BCUT2D eigenvalue weighted by Crippen LogP contribution is 2.16. The maximum Gasteiger partial charge on any atom is 0.178 e. The second kappa shape index (κ2) is 2.88. The third-order valence-corrected chi connectivity index (χ3v) is 2.14. The Morgan fingerprint density at radius 2 is 2.13 bits per heavy atom. The highest BCUT2D eigenvalue weighted by molar-refractivity contribution is 5.74. The van der Waals surface area contributed by atoms with Crippen LogP contribution >= 0.6 is 0 Å². The molecule has 0 aliphatic heterocycles. The van der Waals surface area contributed by atoms with Gasteiger partial charge in [0.15, 0.2) is 11.5 Å². The van der Waals surface area contributed by atoms with E-state index in [0.717, 1.165) is 11.2 Å². The number of hydrogen-bond donors (Lipinski definition) is 2.